The molecule has 1 saturated carbocycles. The first-order valence-electron chi connectivity index (χ1n) is 9.36. The highest BCUT2D eigenvalue weighted by Gasteiger charge is 2.41. The summed E-state index contributed by atoms with van der Waals surface area (Å²) in [6.45, 7) is 4.03. The maximum atomic E-state index is 13.0. The largest absolute Gasteiger partial charge is 0.341 e. The Kier molecular flexibility index (Phi) is 4.39. The summed E-state index contributed by atoms with van der Waals surface area (Å²) in [5.41, 5.74) is 1.33. The Labute approximate surface area is 139 Å². The van der Waals surface area contributed by atoms with Gasteiger partial charge in [-0.3, -0.25) is 9.69 Å². The molecule has 3 aliphatic rings. The lowest BCUT2D eigenvalue weighted by Crippen LogP contribution is -2.59. The SMILES string of the molecule is O=C1[C@H]2C[C@H](CCN2Cc2ccccc2)CN1CC1CCCC1. The Balaban J connectivity index is 1.44. The van der Waals surface area contributed by atoms with E-state index >= 15 is 0 Å². The maximum Gasteiger partial charge on any atom is 0.239 e. The number of rotatable bonds is 4. The average molecular weight is 312 g/mol. The third-order valence-electron chi connectivity index (χ3n) is 6.08. The third kappa shape index (κ3) is 3.30. The monoisotopic (exact) mass is 312 g/mol. The topological polar surface area (TPSA) is 23.6 Å². The molecule has 1 aliphatic carbocycles. The van der Waals surface area contributed by atoms with Crippen molar-refractivity contribution in [1.29, 1.82) is 0 Å². The van der Waals surface area contributed by atoms with Crippen molar-refractivity contribution in [3.63, 3.8) is 0 Å². The molecule has 23 heavy (non-hydrogen) atoms. The van der Waals surface area contributed by atoms with Crippen molar-refractivity contribution in [2.24, 2.45) is 11.8 Å². The lowest BCUT2D eigenvalue weighted by atomic mass is 9.85. The first-order chi connectivity index (χ1) is 11.3. The van der Waals surface area contributed by atoms with Crippen LogP contribution in [0.15, 0.2) is 30.3 Å². The lowest BCUT2D eigenvalue weighted by molar-refractivity contribution is -0.146. The van der Waals surface area contributed by atoms with Crippen LogP contribution in [0.4, 0.5) is 0 Å². The number of carbonyl (C=O) groups excluding carboxylic acids is 1. The van der Waals surface area contributed by atoms with E-state index in [-0.39, 0.29) is 6.04 Å². The summed E-state index contributed by atoms with van der Waals surface area (Å²) in [5.74, 6) is 1.90. The predicted molar refractivity (Wildman–Crippen MR) is 91.9 cm³/mol. The molecule has 1 aromatic carbocycles. The zero-order chi connectivity index (χ0) is 15.6. The van der Waals surface area contributed by atoms with Crippen LogP contribution in [-0.4, -0.2) is 41.4 Å². The van der Waals surface area contributed by atoms with E-state index in [1.54, 1.807) is 0 Å². The second-order valence-electron chi connectivity index (χ2n) is 7.76. The molecule has 2 bridgehead atoms. The lowest BCUT2D eigenvalue weighted by Gasteiger charge is -2.47. The van der Waals surface area contributed by atoms with Crippen LogP contribution in [-0.2, 0) is 11.3 Å². The van der Waals surface area contributed by atoms with E-state index in [2.05, 4.69) is 40.1 Å². The second kappa shape index (κ2) is 6.64. The number of nitrogens with zero attached hydrogens (tertiary/aromatic N) is 2. The fourth-order valence-electron chi connectivity index (χ4n) is 4.80. The average Bonchev–Trinajstić information content (AvgIpc) is 3.08. The molecule has 124 valence electrons. The maximum absolute atomic E-state index is 13.0. The van der Waals surface area contributed by atoms with Crippen LogP contribution in [0, 0.1) is 11.8 Å². The summed E-state index contributed by atoms with van der Waals surface area (Å²) < 4.78 is 0. The minimum absolute atomic E-state index is 0.129. The quantitative estimate of drug-likeness (QED) is 0.851. The van der Waals surface area contributed by atoms with Gasteiger partial charge >= 0.3 is 0 Å². The van der Waals surface area contributed by atoms with Crippen LogP contribution in [0.2, 0.25) is 0 Å². The van der Waals surface area contributed by atoms with Gasteiger partial charge in [-0.1, -0.05) is 43.2 Å². The normalized spacial score (nSPS) is 29.2. The van der Waals surface area contributed by atoms with Crippen molar-refractivity contribution in [3.8, 4) is 0 Å². The summed E-state index contributed by atoms with van der Waals surface area (Å²) in [5, 5.41) is 0. The van der Waals surface area contributed by atoms with Crippen LogP contribution in [0.5, 0.6) is 0 Å². The highest BCUT2D eigenvalue weighted by atomic mass is 16.2. The summed E-state index contributed by atoms with van der Waals surface area (Å²) in [7, 11) is 0. The Morgan fingerprint density at radius 2 is 1.83 bits per heavy atom. The van der Waals surface area contributed by atoms with Gasteiger partial charge in [-0.25, -0.2) is 0 Å². The summed E-state index contributed by atoms with van der Waals surface area (Å²) in [4.78, 5) is 17.6. The van der Waals surface area contributed by atoms with Crippen molar-refractivity contribution >= 4 is 5.91 Å². The van der Waals surface area contributed by atoms with Crippen LogP contribution in [0.1, 0.15) is 44.1 Å². The molecule has 0 spiro atoms. The van der Waals surface area contributed by atoms with Crippen LogP contribution in [0.25, 0.3) is 0 Å². The summed E-state index contributed by atoms with van der Waals surface area (Å²) >= 11 is 0. The zero-order valence-corrected chi connectivity index (χ0v) is 14.0. The Morgan fingerprint density at radius 1 is 1.04 bits per heavy atom. The molecule has 0 aromatic heterocycles. The van der Waals surface area contributed by atoms with E-state index in [0.29, 0.717) is 5.91 Å². The number of carbonyl (C=O) groups is 1. The van der Waals surface area contributed by atoms with Crippen LogP contribution >= 0.6 is 0 Å². The molecule has 0 unspecified atom stereocenters. The molecule has 2 heterocycles. The van der Waals surface area contributed by atoms with Gasteiger partial charge in [0.05, 0.1) is 6.04 Å². The number of piperidine rings is 2. The number of likely N-dealkylation sites (tertiary alicyclic amines) is 2. The molecule has 2 aliphatic heterocycles. The Morgan fingerprint density at radius 3 is 2.61 bits per heavy atom. The highest BCUT2D eigenvalue weighted by Crippen LogP contribution is 2.33. The minimum atomic E-state index is 0.129. The molecule has 0 radical (unpaired) electrons. The minimum Gasteiger partial charge on any atom is -0.341 e. The first kappa shape index (κ1) is 15.2. The number of hydrogen-bond acceptors (Lipinski definition) is 2. The van der Waals surface area contributed by atoms with Gasteiger partial charge < -0.3 is 4.90 Å². The molecule has 3 fully saturated rings. The van der Waals surface area contributed by atoms with Crippen molar-refractivity contribution in [1.82, 2.24) is 9.80 Å². The van der Waals surface area contributed by atoms with E-state index in [1.807, 2.05) is 0 Å². The number of fused-ring (bicyclic) bond motifs is 2. The molecule has 3 heteroatoms. The van der Waals surface area contributed by atoms with Gasteiger partial charge in [0.1, 0.15) is 0 Å². The van der Waals surface area contributed by atoms with Crippen LogP contribution < -0.4 is 0 Å². The van der Waals surface area contributed by atoms with Gasteiger partial charge in [0.25, 0.3) is 0 Å². The molecule has 1 aromatic rings. The van der Waals surface area contributed by atoms with Crippen molar-refractivity contribution in [3.05, 3.63) is 35.9 Å². The fourth-order valence-corrected chi connectivity index (χ4v) is 4.80. The van der Waals surface area contributed by atoms with E-state index in [9.17, 15) is 4.79 Å². The zero-order valence-electron chi connectivity index (χ0n) is 14.0. The Bertz CT molecular complexity index is 538. The van der Waals surface area contributed by atoms with Gasteiger partial charge in [0, 0.05) is 19.6 Å². The van der Waals surface area contributed by atoms with Gasteiger partial charge in [0.15, 0.2) is 0 Å². The number of amides is 1. The predicted octanol–water partition coefficient (Wildman–Crippen LogP) is 3.30. The second-order valence-corrected chi connectivity index (χ2v) is 7.76. The molecule has 1 amide bonds. The molecular weight excluding hydrogens is 284 g/mol. The smallest absolute Gasteiger partial charge is 0.239 e. The highest BCUT2D eigenvalue weighted by molar-refractivity contribution is 5.83. The standard InChI is InChI=1S/C20H28N2O/c23-20-19-12-18(15-22(20)14-17-8-4-5-9-17)10-11-21(19)13-16-6-2-1-3-7-16/h1-3,6-7,17-19H,4-5,8-15H2/t18-,19+/m0/s1. The Hall–Kier alpha value is -1.35. The van der Waals surface area contributed by atoms with Crippen molar-refractivity contribution in [2.45, 2.75) is 51.1 Å². The molecule has 3 nitrogen and oxygen atoms in total. The molecule has 0 N–H and O–H groups in total. The molecule has 2 atom stereocenters. The number of hydrogen-bond donors (Lipinski definition) is 0. The molecule has 2 saturated heterocycles. The fraction of sp³-hybridized carbons (Fsp3) is 0.650. The van der Waals surface area contributed by atoms with E-state index < -0.39 is 0 Å². The van der Waals surface area contributed by atoms with Gasteiger partial charge in [-0.15, -0.1) is 0 Å². The summed E-state index contributed by atoms with van der Waals surface area (Å²) in [6, 6.07) is 10.7. The first-order valence-corrected chi connectivity index (χ1v) is 9.36. The van der Waals surface area contributed by atoms with Crippen molar-refractivity contribution < 1.29 is 4.79 Å². The van der Waals surface area contributed by atoms with Gasteiger partial charge in [-0.05, 0) is 49.6 Å². The van der Waals surface area contributed by atoms with Crippen molar-refractivity contribution in [2.75, 3.05) is 19.6 Å². The third-order valence-corrected chi connectivity index (χ3v) is 6.08. The van der Waals surface area contributed by atoms with E-state index in [1.165, 1.54) is 37.7 Å². The van der Waals surface area contributed by atoms with Gasteiger partial charge in [-0.2, -0.15) is 0 Å². The summed E-state index contributed by atoms with van der Waals surface area (Å²) in [6.07, 6.45) is 7.70. The van der Waals surface area contributed by atoms with E-state index in [4.69, 9.17) is 0 Å². The van der Waals surface area contributed by atoms with Gasteiger partial charge in [0.2, 0.25) is 5.91 Å². The number of benzene rings is 1. The van der Waals surface area contributed by atoms with Crippen LogP contribution in [0.3, 0.4) is 0 Å². The molecular formula is C20H28N2O. The molecule has 4 rings (SSSR count). The van der Waals surface area contributed by atoms with E-state index in [0.717, 1.165) is 44.4 Å².